The van der Waals surface area contributed by atoms with Gasteiger partial charge in [-0.2, -0.15) is 0 Å². The van der Waals surface area contributed by atoms with Gasteiger partial charge in [0.25, 0.3) is 0 Å². The number of hydrogen-bond acceptors (Lipinski definition) is 5. The average Bonchev–Trinajstić information content (AvgIpc) is 3.82. The number of hydrogen-bond donors (Lipinski definition) is 2. The number of aromatic nitrogens is 4. The monoisotopic (exact) mass is 873 g/mol. The molecule has 5 aliphatic rings. The average molecular weight is 876 g/mol. The fraction of sp³-hybridized carbons (Fsp3) is 0.522. The number of carbonyl (C=O) groups is 2. The summed E-state index contributed by atoms with van der Waals surface area (Å²) in [6.45, 7) is 11.8. The van der Waals surface area contributed by atoms with Gasteiger partial charge in [-0.1, -0.05) is 45.0 Å². The summed E-state index contributed by atoms with van der Waals surface area (Å²) in [5.41, 5.74) is 7.13. The summed E-state index contributed by atoms with van der Waals surface area (Å²) in [7, 11) is 0. The van der Waals surface area contributed by atoms with Crippen molar-refractivity contribution in [3.8, 4) is 0 Å². The highest BCUT2D eigenvalue weighted by Gasteiger charge is 2.70. The summed E-state index contributed by atoms with van der Waals surface area (Å²) in [4.78, 5) is 51.1. The Labute approximate surface area is 365 Å². The van der Waals surface area contributed by atoms with Crippen molar-refractivity contribution in [2.45, 2.75) is 124 Å². The Kier molecular flexibility index (Phi) is 9.07. The van der Waals surface area contributed by atoms with Gasteiger partial charge in [-0.05, 0) is 124 Å². The molecule has 10 rings (SSSR count). The molecule has 0 radical (unpaired) electrons. The highest BCUT2D eigenvalue weighted by atomic mass is 35.5. The second kappa shape index (κ2) is 13.5. The van der Waals surface area contributed by atoms with Crippen molar-refractivity contribution in [3.05, 3.63) is 89.0 Å². The first-order chi connectivity index (χ1) is 27.9. The first-order valence-electron chi connectivity index (χ1n) is 21.1. The van der Waals surface area contributed by atoms with Crippen LogP contribution in [0.15, 0.2) is 60.7 Å². The number of H-pyrrole nitrogens is 2. The minimum absolute atomic E-state index is 0.00843. The summed E-state index contributed by atoms with van der Waals surface area (Å²) in [6.07, 6.45) is 6.37. The summed E-state index contributed by atoms with van der Waals surface area (Å²) in [5, 5.41) is 0. The molecule has 2 amide bonds. The number of carbonyl (C=O) groups excluding carboxylic acids is 2. The molecule has 2 N–H and O–H groups in total. The third-order valence-corrected chi connectivity index (χ3v) is 16.6. The molecule has 9 nitrogen and oxygen atoms in total. The fourth-order valence-corrected chi connectivity index (χ4v) is 11.7. The topological polar surface area (TPSA) is 101 Å². The van der Waals surface area contributed by atoms with E-state index in [1.54, 1.807) is 0 Å². The van der Waals surface area contributed by atoms with Gasteiger partial charge in [-0.15, -0.1) is 46.4 Å². The van der Waals surface area contributed by atoms with Crippen LogP contribution >= 0.6 is 46.4 Å². The minimum atomic E-state index is -1.01. The van der Waals surface area contributed by atoms with Crippen molar-refractivity contribution < 1.29 is 9.59 Å². The predicted octanol–water partition coefficient (Wildman–Crippen LogP) is 11.3. The van der Waals surface area contributed by atoms with Crippen LogP contribution < -0.4 is 4.90 Å². The largest absolute Gasteiger partial charge is 0.357 e. The quantitative estimate of drug-likeness (QED) is 0.159. The van der Waals surface area contributed by atoms with Gasteiger partial charge in [0.1, 0.15) is 20.3 Å². The summed E-state index contributed by atoms with van der Waals surface area (Å²) >= 11 is 25.8. The second-order valence-corrected chi connectivity index (χ2v) is 22.3. The molecule has 3 aromatic carbocycles. The van der Waals surface area contributed by atoms with E-state index in [2.05, 4.69) is 96.3 Å². The molecule has 13 heteroatoms. The van der Waals surface area contributed by atoms with Crippen LogP contribution in [0.2, 0.25) is 0 Å². The van der Waals surface area contributed by atoms with Crippen LogP contribution in [0.4, 0.5) is 5.69 Å². The van der Waals surface area contributed by atoms with Crippen molar-refractivity contribution in [1.29, 1.82) is 0 Å². The van der Waals surface area contributed by atoms with Crippen LogP contribution in [0.3, 0.4) is 0 Å². The Morgan fingerprint density at radius 2 is 1.07 bits per heavy atom. The number of nitrogens with one attached hydrogen (secondary N) is 2. The number of nitrogens with zero attached hydrogens (tertiary/aromatic N) is 5. The summed E-state index contributed by atoms with van der Waals surface area (Å²) < 4.78 is -2.02. The number of anilines is 1. The molecule has 2 saturated carbocycles. The van der Waals surface area contributed by atoms with Crippen LogP contribution in [-0.4, -0.2) is 63.3 Å². The number of aromatic amines is 2. The third kappa shape index (κ3) is 6.38. The Balaban J connectivity index is 0.958. The molecule has 6 atom stereocenters. The highest BCUT2D eigenvalue weighted by molar-refractivity contribution is 6.53. The maximum Gasteiger partial charge on any atom is 0.232 e. The van der Waals surface area contributed by atoms with Gasteiger partial charge in [0.05, 0.1) is 57.1 Å². The zero-order chi connectivity index (χ0) is 41.4. The SMILES string of the molecule is CC(C)(C)c1ccc(N2C(c3ccc4nc([C@@H]5CCCN5C(=O)C5(C)CC5(Cl)Cl)[nH]c4c3)CC[C@@H]2c2ccc3nc([C@@H]4CCCN4C(=O)C4(C)CC4(Cl)Cl)[nH]c3c2)cc1. The molecule has 0 spiro atoms. The lowest BCUT2D eigenvalue weighted by molar-refractivity contribution is -0.138. The highest BCUT2D eigenvalue weighted by Crippen LogP contribution is 2.66. The van der Waals surface area contributed by atoms with E-state index >= 15 is 0 Å². The number of alkyl halides is 4. The van der Waals surface area contributed by atoms with Gasteiger partial charge in [0.15, 0.2) is 0 Å². The molecule has 2 aliphatic carbocycles. The number of amides is 2. The van der Waals surface area contributed by atoms with Crippen molar-refractivity contribution in [3.63, 3.8) is 0 Å². The zero-order valence-corrected chi connectivity index (χ0v) is 37.2. The van der Waals surface area contributed by atoms with Gasteiger partial charge in [-0.25, -0.2) is 9.97 Å². The number of fused-ring (bicyclic) bond motifs is 2. The molecule has 5 aromatic rings. The van der Waals surface area contributed by atoms with Crippen molar-refractivity contribution >= 4 is 86.0 Å². The molecular formula is C46H51Cl4N7O2. The summed E-state index contributed by atoms with van der Waals surface area (Å²) in [6, 6.07) is 22.2. The smallest absolute Gasteiger partial charge is 0.232 e. The normalized spacial score (nSPS) is 29.9. The van der Waals surface area contributed by atoms with Crippen molar-refractivity contribution in [1.82, 2.24) is 29.7 Å². The molecule has 3 unspecified atom stereocenters. The third-order valence-electron chi connectivity index (χ3n) is 14.4. The lowest BCUT2D eigenvalue weighted by Crippen LogP contribution is -2.38. The van der Waals surface area contributed by atoms with Gasteiger partial charge >= 0.3 is 0 Å². The fourth-order valence-electron chi connectivity index (χ4n) is 10.3. The van der Waals surface area contributed by atoms with E-state index in [-0.39, 0.29) is 41.4 Å². The van der Waals surface area contributed by atoms with Crippen molar-refractivity contribution in [2.75, 3.05) is 18.0 Å². The number of halogens is 4. The van der Waals surface area contributed by atoms with Crippen LogP contribution in [0, 0.1) is 10.8 Å². The number of rotatable bonds is 7. The Hall–Kier alpha value is -3.50. The lowest BCUT2D eigenvalue weighted by Gasteiger charge is -2.34. The molecular weight excluding hydrogens is 824 g/mol. The van der Waals surface area contributed by atoms with Crippen LogP contribution in [0.25, 0.3) is 22.1 Å². The Bertz CT molecular complexity index is 2360. The Morgan fingerprint density at radius 3 is 1.46 bits per heavy atom. The second-order valence-electron chi connectivity index (χ2n) is 19.4. The number of benzene rings is 3. The van der Waals surface area contributed by atoms with E-state index in [1.165, 1.54) is 22.4 Å². The molecule has 5 fully saturated rings. The standard InChI is InChI=1S/C46H51Cl4N7O2/c1-42(2,3)28-12-14-29(15-13-28)57-34(26-10-16-30-32(22-26)53-38(51-30)36-8-6-20-55(36)40(58)43(4)24-45(43,47)48)18-19-35(57)27-11-17-31-33(23-27)54-39(52-31)37-9-7-21-56(37)41(59)44(5)25-46(44,49)50/h10-17,22-23,34-37H,6-9,18-21,24-25H2,1-5H3,(H,51,53)(H,52,54)/t34-,35?,36+,37+,43?,44?/m1/s1. The number of imidazole rings is 2. The first-order valence-corrected chi connectivity index (χ1v) is 22.7. The molecule has 59 heavy (non-hydrogen) atoms. The van der Waals surface area contributed by atoms with Crippen LogP contribution in [-0.2, 0) is 15.0 Å². The molecule has 2 aromatic heterocycles. The van der Waals surface area contributed by atoms with E-state index in [9.17, 15) is 9.59 Å². The lowest BCUT2D eigenvalue weighted by atomic mass is 9.87. The van der Waals surface area contributed by atoms with E-state index in [0.717, 1.165) is 72.2 Å². The van der Waals surface area contributed by atoms with E-state index in [1.807, 2.05) is 23.6 Å². The van der Waals surface area contributed by atoms with Gasteiger partial charge < -0.3 is 24.7 Å². The maximum atomic E-state index is 13.7. The van der Waals surface area contributed by atoms with E-state index in [0.29, 0.717) is 25.9 Å². The van der Waals surface area contributed by atoms with Crippen molar-refractivity contribution in [2.24, 2.45) is 10.8 Å². The number of likely N-dealkylation sites (tertiary alicyclic amines) is 2. The van der Waals surface area contributed by atoms with Gasteiger partial charge in [-0.3, -0.25) is 9.59 Å². The van der Waals surface area contributed by atoms with Crippen LogP contribution in [0.5, 0.6) is 0 Å². The summed E-state index contributed by atoms with van der Waals surface area (Å²) in [5.74, 6) is 1.64. The van der Waals surface area contributed by atoms with E-state index in [4.69, 9.17) is 56.4 Å². The predicted molar refractivity (Wildman–Crippen MR) is 236 cm³/mol. The minimum Gasteiger partial charge on any atom is -0.357 e. The molecule has 5 heterocycles. The Morgan fingerprint density at radius 1 is 0.644 bits per heavy atom. The first kappa shape index (κ1) is 39.6. The van der Waals surface area contributed by atoms with E-state index < -0.39 is 19.5 Å². The van der Waals surface area contributed by atoms with Gasteiger partial charge in [0, 0.05) is 18.8 Å². The molecule has 3 saturated heterocycles. The van der Waals surface area contributed by atoms with Crippen LogP contribution in [0.1, 0.15) is 138 Å². The molecule has 3 aliphatic heterocycles. The molecule has 310 valence electrons. The van der Waals surface area contributed by atoms with Gasteiger partial charge in [0.2, 0.25) is 11.8 Å². The molecule has 0 bridgehead atoms. The zero-order valence-electron chi connectivity index (χ0n) is 34.2. The maximum absolute atomic E-state index is 13.7.